The second-order valence-electron chi connectivity index (χ2n) is 4.97. The fourth-order valence-electron chi connectivity index (χ4n) is 2.20. The molecule has 19 heavy (non-hydrogen) atoms. The van der Waals surface area contributed by atoms with Crippen LogP contribution in [-0.2, 0) is 6.42 Å². The Hall–Kier alpha value is -0.540. The lowest BCUT2D eigenvalue weighted by atomic mass is 10.0. The molecule has 2 nitrogen and oxygen atoms in total. The molecule has 0 aromatic heterocycles. The Morgan fingerprint density at radius 2 is 2.05 bits per heavy atom. The third kappa shape index (κ3) is 5.96. The van der Waals surface area contributed by atoms with Gasteiger partial charge in [-0.1, -0.05) is 32.8 Å². The van der Waals surface area contributed by atoms with Crippen LogP contribution < -0.4 is 10.1 Å². The van der Waals surface area contributed by atoms with Crippen molar-refractivity contribution in [3.8, 4) is 5.75 Å². The van der Waals surface area contributed by atoms with Crippen molar-refractivity contribution >= 4 is 15.9 Å². The van der Waals surface area contributed by atoms with Crippen molar-refractivity contribution in [2.24, 2.45) is 0 Å². The van der Waals surface area contributed by atoms with E-state index < -0.39 is 0 Å². The molecular formula is C16H26BrNO. The first-order valence-corrected chi connectivity index (χ1v) is 8.06. The van der Waals surface area contributed by atoms with Crippen LogP contribution in [0.2, 0.25) is 0 Å². The number of rotatable bonds is 9. The van der Waals surface area contributed by atoms with E-state index in [9.17, 15) is 0 Å². The zero-order valence-corrected chi connectivity index (χ0v) is 13.9. The van der Waals surface area contributed by atoms with E-state index in [0.29, 0.717) is 6.04 Å². The van der Waals surface area contributed by atoms with E-state index in [2.05, 4.69) is 47.2 Å². The SMILES string of the molecule is CCCCC(Cc1ccc(OC)c(Br)c1)NCCC. The van der Waals surface area contributed by atoms with Gasteiger partial charge < -0.3 is 10.1 Å². The van der Waals surface area contributed by atoms with Crippen LogP contribution in [0.25, 0.3) is 0 Å². The van der Waals surface area contributed by atoms with E-state index in [4.69, 9.17) is 4.74 Å². The molecule has 108 valence electrons. The number of methoxy groups -OCH3 is 1. The van der Waals surface area contributed by atoms with E-state index in [-0.39, 0.29) is 0 Å². The highest BCUT2D eigenvalue weighted by Gasteiger charge is 2.09. The number of ether oxygens (including phenoxy) is 1. The molecule has 1 unspecified atom stereocenters. The topological polar surface area (TPSA) is 21.3 Å². The normalized spacial score (nSPS) is 12.4. The Labute approximate surface area is 126 Å². The molecule has 0 bridgehead atoms. The summed E-state index contributed by atoms with van der Waals surface area (Å²) in [6.45, 7) is 5.57. The van der Waals surface area contributed by atoms with Crippen molar-refractivity contribution in [1.29, 1.82) is 0 Å². The maximum Gasteiger partial charge on any atom is 0.133 e. The fraction of sp³-hybridized carbons (Fsp3) is 0.625. The highest BCUT2D eigenvalue weighted by molar-refractivity contribution is 9.10. The summed E-state index contributed by atoms with van der Waals surface area (Å²) in [6, 6.07) is 6.96. The predicted molar refractivity (Wildman–Crippen MR) is 86.0 cm³/mol. The van der Waals surface area contributed by atoms with Crippen molar-refractivity contribution in [2.75, 3.05) is 13.7 Å². The van der Waals surface area contributed by atoms with Gasteiger partial charge in [0.05, 0.1) is 11.6 Å². The summed E-state index contributed by atoms with van der Waals surface area (Å²) in [6.07, 6.45) is 6.08. The molecule has 0 radical (unpaired) electrons. The van der Waals surface area contributed by atoms with Crippen LogP contribution in [-0.4, -0.2) is 19.7 Å². The van der Waals surface area contributed by atoms with Gasteiger partial charge in [-0.25, -0.2) is 0 Å². The zero-order chi connectivity index (χ0) is 14.1. The molecule has 0 saturated carbocycles. The summed E-state index contributed by atoms with van der Waals surface area (Å²) in [4.78, 5) is 0. The van der Waals surface area contributed by atoms with Crippen molar-refractivity contribution in [1.82, 2.24) is 5.32 Å². The van der Waals surface area contributed by atoms with Gasteiger partial charge in [0.2, 0.25) is 0 Å². The molecule has 1 aromatic carbocycles. The Morgan fingerprint density at radius 3 is 2.63 bits per heavy atom. The van der Waals surface area contributed by atoms with E-state index in [1.807, 2.05) is 6.07 Å². The molecule has 1 atom stereocenters. The Morgan fingerprint density at radius 1 is 1.26 bits per heavy atom. The maximum absolute atomic E-state index is 5.27. The first kappa shape index (κ1) is 16.5. The highest BCUT2D eigenvalue weighted by atomic mass is 79.9. The van der Waals surface area contributed by atoms with Gasteiger partial charge in [0.15, 0.2) is 0 Å². The molecule has 1 N–H and O–H groups in total. The molecule has 0 spiro atoms. The Kier molecular flexibility index (Phi) is 8.15. The van der Waals surface area contributed by atoms with E-state index in [0.717, 1.165) is 23.2 Å². The van der Waals surface area contributed by atoms with Crippen LogP contribution in [0.3, 0.4) is 0 Å². The van der Waals surface area contributed by atoms with Gasteiger partial charge in [-0.05, 0) is 59.4 Å². The molecule has 3 heteroatoms. The molecule has 0 heterocycles. The Balaban J connectivity index is 2.63. The van der Waals surface area contributed by atoms with Gasteiger partial charge in [-0.3, -0.25) is 0 Å². The lowest BCUT2D eigenvalue weighted by molar-refractivity contribution is 0.411. The van der Waals surface area contributed by atoms with Crippen molar-refractivity contribution in [2.45, 2.75) is 52.0 Å². The van der Waals surface area contributed by atoms with Crippen molar-refractivity contribution < 1.29 is 4.74 Å². The van der Waals surface area contributed by atoms with Gasteiger partial charge >= 0.3 is 0 Å². The third-order valence-corrected chi connectivity index (χ3v) is 3.91. The molecular weight excluding hydrogens is 302 g/mol. The summed E-state index contributed by atoms with van der Waals surface area (Å²) in [5.74, 6) is 0.898. The number of benzene rings is 1. The number of hydrogen-bond acceptors (Lipinski definition) is 2. The monoisotopic (exact) mass is 327 g/mol. The van der Waals surface area contributed by atoms with Crippen molar-refractivity contribution in [3.05, 3.63) is 28.2 Å². The van der Waals surface area contributed by atoms with Crippen LogP contribution in [0.15, 0.2) is 22.7 Å². The maximum atomic E-state index is 5.27. The Bertz CT molecular complexity index is 360. The molecule has 0 aliphatic heterocycles. The lowest BCUT2D eigenvalue weighted by Crippen LogP contribution is -2.31. The van der Waals surface area contributed by atoms with Crippen LogP contribution in [0.1, 0.15) is 45.1 Å². The molecule has 0 aliphatic carbocycles. The summed E-state index contributed by atoms with van der Waals surface area (Å²) in [5, 5.41) is 3.65. The highest BCUT2D eigenvalue weighted by Crippen LogP contribution is 2.26. The minimum Gasteiger partial charge on any atom is -0.496 e. The molecule has 0 aliphatic rings. The summed E-state index contributed by atoms with van der Waals surface area (Å²) in [7, 11) is 1.70. The quantitative estimate of drug-likeness (QED) is 0.717. The van der Waals surface area contributed by atoms with E-state index >= 15 is 0 Å². The minimum absolute atomic E-state index is 0.584. The molecule has 1 aromatic rings. The van der Waals surface area contributed by atoms with Crippen LogP contribution in [0.5, 0.6) is 5.75 Å². The average molecular weight is 328 g/mol. The van der Waals surface area contributed by atoms with Gasteiger partial charge in [0, 0.05) is 6.04 Å². The number of hydrogen-bond donors (Lipinski definition) is 1. The average Bonchev–Trinajstić information content (AvgIpc) is 2.42. The molecule has 0 amide bonds. The largest absolute Gasteiger partial charge is 0.496 e. The van der Waals surface area contributed by atoms with Gasteiger partial charge in [-0.2, -0.15) is 0 Å². The summed E-state index contributed by atoms with van der Waals surface area (Å²) in [5.41, 5.74) is 1.36. The summed E-state index contributed by atoms with van der Waals surface area (Å²) >= 11 is 3.56. The molecule has 1 rings (SSSR count). The van der Waals surface area contributed by atoms with E-state index in [1.54, 1.807) is 7.11 Å². The van der Waals surface area contributed by atoms with E-state index in [1.165, 1.54) is 31.2 Å². The number of unbranched alkanes of at least 4 members (excludes halogenated alkanes) is 1. The number of nitrogens with one attached hydrogen (secondary N) is 1. The van der Waals surface area contributed by atoms with Gasteiger partial charge in [0.25, 0.3) is 0 Å². The fourth-order valence-corrected chi connectivity index (χ4v) is 2.78. The summed E-state index contributed by atoms with van der Waals surface area (Å²) < 4.78 is 6.31. The second kappa shape index (κ2) is 9.38. The first-order valence-electron chi connectivity index (χ1n) is 7.27. The first-order chi connectivity index (χ1) is 9.21. The number of halogens is 1. The van der Waals surface area contributed by atoms with Crippen LogP contribution >= 0.6 is 15.9 Å². The standard InChI is InChI=1S/C16H26BrNO/c1-4-6-7-14(18-10-5-2)11-13-8-9-16(19-3)15(17)12-13/h8-9,12,14,18H,4-7,10-11H2,1-3H3. The minimum atomic E-state index is 0.584. The zero-order valence-electron chi connectivity index (χ0n) is 12.3. The van der Waals surface area contributed by atoms with Crippen LogP contribution in [0.4, 0.5) is 0 Å². The predicted octanol–water partition coefficient (Wildman–Crippen LogP) is 4.56. The second-order valence-corrected chi connectivity index (χ2v) is 5.82. The van der Waals surface area contributed by atoms with Crippen LogP contribution in [0, 0.1) is 0 Å². The van der Waals surface area contributed by atoms with Crippen molar-refractivity contribution in [3.63, 3.8) is 0 Å². The lowest BCUT2D eigenvalue weighted by Gasteiger charge is -2.19. The smallest absolute Gasteiger partial charge is 0.133 e. The molecule has 0 fully saturated rings. The van der Waals surface area contributed by atoms with Gasteiger partial charge in [-0.15, -0.1) is 0 Å². The third-order valence-electron chi connectivity index (χ3n) is 3.29. The van der Waals surface area contributed by atoms with Gasteiger partial charge in [0.1, 0.15) is 5.75 Å². The molecule has 0 saturated heterocycles.